The number of benzene rings is 1. The van der Waals surface area contributed by atoms with Gasteiger partial charge in [-0.15, -0.1) is 0 Å². The van der Waals surface area contributed by atoms with Crippen molar-refractivity contribution in [1.29, 1.82) is 0 Å². The number of ether oxygens (including phenoxy) is 3. The van der Waals surface area contributed by atoms with Gasteiger partial charge in [0.1, 0.15) is 0 Å². The van der Waals surface area contributed by atoms with E-state index in [1.54, 1.807) is 7.11 Å². The van der Waals surface area contributed by atoms with Crippen LogP contribution in [0.25, 0.3) is 0 Å². The van der Waals surface area contributed by atoms with E-state index in [2.05, 4.69) is 20.8 Å². The van der Waals surface area contributed by atoms with E-state index in [0.717, 1.165) is 5.56 Å². The molecule has 0 saturated carbocycles. The monoisotopic (exact) mass is 237 g/mol. The molecular weight excluding hydrogens is 218 g/mol. The van der Waals surface area contributed by atoms with E-state index in [1.807, 2.05) is 12.1 Å². The van der Waals surface area contributed by atoms with Crippen LogP contribution < -0.4 is 19.9 Å². The average Bonchev–Trinajstić information content (AvgIpc) is 2.73. The standard InChI is InChI=1S/C13H19NO3/c1-13(2,3)12(14)8-5-9(15-4)11-10(6-8)16-7-17-11/h5-6,12H,7,14H2,1-4H3/t12-/m1/s1. The Bertz CT molecular complexity index is 423. The zero-order chi connectivity index (χ0) is 12.6. The van der Waals surface area contributed by atoms with Crippen molar-refractivity contribution in [3.8, 4) is 17.2 Å². The highest BCUT2D eigenvalue weighted by Gasteiger charge is 2.27. The van der Waals surface area contributed by atoms with Crippen LogP contribution in [0.4, 0.5) is 0 Å². The number of rotatable bonds is 2. The molecule has 0 radical (unpaired) electrons. The van der Waals surface area contributed by atoms with E-state index in [1.165, 1.54) is 0 Å². The van der Waals surface area contributed by atoms with Gasteiger partial charge in [-0.3, -0.25) is 0 Å². The predicted molar refractivity (Wildman–Crippen MR) is 65.5 cm³/mol. The van der Waals surface area contributed by atoms with Gasteiger partial charge in [0.05, 0.1) is 7.11 Å². The minimum absolute atomic E-state index is 0.0152. The van der Waals surface area contributed by atoms with Crippen LogP contribution in [0.3, 0.4) is 0 Å². The maximum atomic E-state index is 6.24. The SMILES string of the molecule is COc1cc([C@@H](N)C(C)(C)C)cc2c1OCO2. The fourth-order valence-corrected chi connectivity index (χ4v) is 1.83. The van der Waals surface area contributed by atoms with E-state index in [4.69, 9.17) is 19.9 Å². The Morgan fingerprint density at radius 1 is 1.29 bits per heavy atom. The third-order valence-corrected chi connectivity index (χ3v) is 2.97. The summed E-state index contributed by atoms with van der Waals surface area (Å²) in [6, 6.07) is 3.77. The molecule has 0 saturated heterocycles. The molecule has 1 aromatic rings. The van der Waals surface area contributed by atoms with Crippen LogP contribution in [0.2, 0.25) is 0 Å². The van der Waals surface area contributed by atoms with Crippen molar-refractivity contribution in [1.82, 2.24) is 0 Å². The predicted octanol–water partition coefficient (Wildman–Crippen LogP) is 2.47. The molecule has 1 aromatic carbocycles. The lowest BCUT2D eigenvalue weighted by Gasteiger charge is -2.27. The highest BCUT2D eigenvalue weighted by molar-refractivity contribution is 5.55. The second-order valence-electron chi connectivity index (χ2n) is 5.30. The third kappa shape index (κ3) is 2.17. The molecule has 1 aliphatic rings. The van der Waals surface area contributed by atoms with E-state index in [-0.39, 0.29) is 18.2 Å². The molecule has 0 fully saturated rings. The molecular formula is C13H19NO3. The highest BCUT2D eigenvalue weighted by atomic mass is 16.7. The minimum atomic E-state index is -0.0779. The van der Waals surface area contributed by atoms with Gasteiger partial charge in [0, 0.05) is 6.04 Å². The van der Waals surface area contributed by atoms with Crippen LogP contribution in [-0.2, 0) is 0 Å². The summed E-state index contributed by atoms with van der Waals surface area (Å²) >= 11 is 0. The van der Waals surface area contributed by atoms with Gasteiger partial charge in [-0.25, -0.2) is 0 Å². The van der Waals surface area contributed by atoms with Gasteiger partial charge in [-0.1, -0.05) is 20.8 Å². The topological polar surface area (TPSA) is 53.7 Å². The van der Waals surface area contributed by atoms with Crippen molar-refractivity contribution in [2.75, 3.05) is 13.9 Å². The van der Waals surface area contributed by atoms with Gasteiger partial charge in [-0.2, -0.15) is 0 Å². The first kappa shape index (κ1) is 12.0. The van der Waals surface area contributed by atoms with E-state index < -0.39 is 0 Å². The van der Waals surface area contributed by atoms with Crippen molar-refractivity contribution in [2.24, 2.45) is 11.1 Å². The van der Waals surface area contributed by atoms with Crippen LogP contribution in [0.15, 0.2) is 12.1 Å². The molecule has 0 amide bonds. The van der Waals surface area contributed by atoms with Crippen LogP contribution in [0, 0.1) is 5.41 Å². The molecule has 4 nitrogen and oxygen atoms in total. The Balaban J connectivity index is 2.43. The zero-order valence-electron chi connectivity index (χ0n) is 10.7. The Morgan fingerprint density at radius 2 is 2.00 bits per heavy atom. The summed E-state index contributed by atoms with van der Waals surface area (Å²) < 4.78 is 16.0. The smallest absolute Gasteiger partial charge is 0.231 e. The van der Waals surface area contributed by atoms with Gasteiger partial charge >= 0.3 is 0 Å². The number of methoxy groups -OCH3 is 1. The van der Waals surface area contributed by atoms with Crippen molar-refractivity contribution in [3.63, 3.8) is 0 Å². The van der Waals surface area contributed by atoms with Crippen molar-refractivity contribution in [3.05, 3.63) is 17.7 Å². The van der Waals surface area contributed by atoms with E-state index in [0.29, 0.717) is 17.2 Å². The normalized spacial score (nSPS) is 15.8. The Morgan fingerprint density at radius 3 is 2.59 bits per heavy atom. The summed E-state index contributed by atoms with van der Waals surface area (Å²) in [5, 5.41) is 0. The summed E-state index contributed by atoms with van der Waals surface area (Å²) in [4.78, 5) is 0. The molecule has 2 N–H and O–H groups in total. The van der Waals surface area contributed by atoms with Gasteiger partial charge in [0.15, 0.2) is 11.5 Å². The molecule has 4 heteroatoms. The molecule has 2 rings (SSSR count). The first-order valence-corrected chi connectivity index (χ1v) is 5.66. The summed E-state index contributed by atoms with van der Waals surface area (Å²) in [5.41, 5.74) is 7.22. The lowest BCUT2D eigenvalue weighted by molar-refractivity contribution is 0.171. The number of hydrogen-bond acceptors (Lipinski definition) is 4. The second-order valence-corrected chi connectivity index (χ2v) is 5.30. The number of hydrogen-bond donors (Lipinski definition) is 1. The molecule has 0 aliphatic carbocycles. The third-order valence-electron chi connectivity index (χ3n) is 2.97. The molecule has 1 aliphatic heterocycles. The summed E-state index contributed by atoms with van der Waals surface area (Å²) in [7, 11) is 1.61. The van der Waals surface area contributed by atoms with Crippen LogP contribution >= 0.6 is 0 Å². The average molecular weight is 237 g/mol. The lowest BCUT2D eigenvalue weighted by atomic mass is 9.83. The Labute approximate surface area is 102 Å². The Kier molecular flexibility index (Phi) is 2.91. The first-order valence-electron chi connectivity index (χ1n) is 5.66. The lowest BCUT2D eigenvalue weighted by Crippen LogP contribution is -2.26. The summed E-state index contributed by atoms with van der Waals surface area (Å²) in [5.74, 6) is 2.05. The maximum absolute atomic E-state index is 6.24. The molecule has 0 bridgehead atoms. The van der Waals surface area contributed by atoms with Gasteiger partial charge in [0.2, 0.25) is 12.5 Å². The first-order chi connectivity index (χ1) is 7.93. The van der Waals surface area contributed by atoms with Crippen molar-refractivity contribution >= 4 is 0 Å². The number of nitrogens with two attached hydrogens (primary N) is 1. The van der Waals surface area contributed by atoms with Crippen molar-refractivity contribution in [2.45, 2.75) is 26.8 Å². The summed E-state index contributed by atoms with van der Waals surface area (Å²) in [6.45, 7) is 6.55. The van der Waals surface area contributed by atoms with Crippen LogP contribution in [0.1, 0.15) is 32.4 Å². The van der Waals surface area contributed by atoms with Crippen LogP contribution in [-0.4, -0.2) is 13.9 Å². The summed E-state index contributed by atoms with van der Waals surface area (Å²) in [6.07, 6.45) is 0. The highest BCUT2D eigenvalue weighted by Crippen LogP contribution is 2.44. The van der Waals surface area contributed by atoms with Gasteiger partial charge < -0.3 is 19.9 Å². The second kappa shape index (κ2) is 4.11. The minimum Gasteiger partial charge on any atom is -0.493 e. The van der Waals surface area contributed by atoms with Gasteiger partial charge in [-0.05, 0) is 23.1 Å². The van der Waals surface area contributed by atoms with Gasteiger partial charge in [0.25, 0.3) is 0 Å². The molecule has 1 atom stereocenters. The van der Waals surface area contributed by atoms with Crippen molar-refractivity contribution < 1.29 is 14.2 Å². The number of fused-ring (bicyclic) bond motifs is 1. The van der Waals surface area contributed by atoms with Crippen LogP contribution in [0.5, 0.6) is 17.2 Å². The molecule has 17 heavy (non-hydrogen) atoms. The van der Waals surface area contributed by atoms with E-state index in [9.17, 15) is 0 Å². The Hall–Kier alpha value is -1.42. The fourth-order valence-electron chi connectivity index (χ4n) is 1.83. The molecule has 0 spiro atoms. The largest absolute Gasteiger partial charge is 0.493 e. The molecule has 0 aromatic heterocycles. The fraction of sp³-hybridized carbons (Fsp3) is 0.538. The quantitative estimate of drug-likeness (QED) is 0.858. The van der Waals surface area contributed by atoms with E-state index >= 15 is 0 Å². The maximum Gasteiger partial charge on any atom is 0.231 e. The molecule has 1 heterocycles. The zero-order valence-corrected chi connectivity index (χ0v) is 10.7. The molecule has 94 valence electrons. The molecule has 0 unspecified atom stereocenters.